The fraction of sp³-hybridized carbons (Fsp3) is 0.391. The summed E-state index contributed by atoms with van der Waals surface area (Å²) in [6, 6.07) is 15.8. The van der Waals surface area contributed by atoms with E-state index >= 15 is 0 Å². The van der Waals surface area contributed by atoms with E-state index in [1.54, 1.807) is 7.11 Å². The number of benzene rings is 2. The van der Waals surface area contributed by atoms with Gasteiger partial charge in [0.1, 0.15) is 5.75 Å². The monoisotopic (exact) mass is 429 g/mol. The minimum atomic E-state index is -0.349. The van der Waals surface area contributed by atoms with Gasteiger partial charge in [0.05, 0.1) is 25.4 Å². The average molecular weight is 430 g/mol. The van der Waals surface area contributed by atoms with Gasteiger partial charge in [-0.1, -0.05) is 36.4 Å². The highest BCUT2D eigenvalue weighted by molar-refractivity contribution is 6.06. The Morgan fingerprint density at radius 2 is 1.63 bits per heavy atom. The molecule has 4 rings (SSSR count). The quantitative estimate of drug-likeness (QED) is 0.684. The minimum absolute atomic E-state index is 0. The van der Waals surface area contributed by atoms with Crippen LogP contribution in [-0.4, -0.2) is 61.6 Å². The van der Waals surface area contributed by atoms with Gasteiger partial charge in [-0.2, -0.15) is 0 Å². The van der Waals surface area contributed by atoms with Crippen LogP contribution in [0, 0.1) is 6.92 Å². The standard InChI is InChI=1S/C23H27N3O3.ClH/c1-17-7-3-4-8-18(17)19-15-22(27)26(23(19)28)16-24-11-13-25(14-12-24)20-9-5-6-10-21(20)29-2;/h3-10,19H,11-16H2,1-2H3;1H. The van der Waals surface area contributed by atoms with E-state index in [1.165, 1.54) is 4.90 Å². The molecule has 2 saturated heterocycles. The number of rotatable bonds is 5. The molecule has 2 amide bonds. The maximum absolute atomic E-state index is 13.0. The molecular formula is C23H28ClN3O3. The smallest absolute Gasteiger partial charge is 0.238 e. The molecule has 0 spiro atoms. The molecule has 2 heterocycles. The van der Waals surface area contributed by atoms with E-state index in [-0.39, 0.29) is 36.6 Å². The van der Waals surface area contributed by atoms with Crippen molar-refractivity contribution in [3.63, 3.8) is 0 Å². The van der Waals surface area contributed by atoms with Gasteiger partial charge in [-0.25, -0.2) is 0 Å². The lowest BCUT2D eigenvalue weighted by Gasteiger charge is -2.37. The fourth-order valence-electron chi connectivity index (χ4n) is 4.27. The van der Waals surface area contributed by atoms with Crippen LogP contribution in [0.1, 0.15) is 23.5 Å². The number of likely N-dealkylation sites (tertiary alicyclic amines) is 1. The summed E-state index contributed by atoms with van der Waals surface area (Å²) in [4.78, 5) is 31.5. The van der Waals surface area contributed by atoms with Gasteiger partial charge in [-0.05, 0) is 30.2 Å². The van der Waals surface area contributed by atoms with E-state index < -0.39 is 0 Å². The van der Waals surface area contributed by atoms with Crippen LogP contribution in [-0.2, 0) is 9.59 Å². The SMILES string of the molecule is COc1ccccc1N1CCN(CN2C(=O)CC(c3ccccc3C)C2=O)CC1.Cl. The van der Waals surface area contributed by atoms with Crippen LogP contribution < -0.4 is 9.64 Å². The van der Waals surface area contributed by atoms with Gasteiger partial charge in [0.25, 0.3) is 0 Å². The summed E-state index contributed by atoms with van der Waals surface area (Å²) in [5.41, 5.74) is 3.11. The number of carbonyl (C=O) groups excluding carboxylic acids is 2. The second kappa shape index (κ2) is 9.49. The molecule has 0 radical (unpaired) electrons. The highest BCUT2D eigenvalue weighted by Crippen LogP contribution is 2.32. The molecule has 2 aromatic rings. The van der Waals surface area contributed by atoms with Gasteiger partial charge in [-0.15, -0.1) is 12.4 Å². The molecule has 0 aromatic heterocycles. The topological polar surface area (TPSA) is 53.1 Å². The minimum Gasteiger partial charge on any atom is -0.495 e. The number of hydrogen-bond donors (Lipinski definition) is 0. The molecule has 2 aliphatic heterocycles. The predicted molar refractivity (Wildman–Crippen MR) is 119 cm³/mol. The lowest BCUT2D eigenvalue weighted by atomic mass is 9.93. The zero-order valence-corrected chi connectivity index (χ0v) is 18.2. The van der Waals surface area contributed by atoms with E-state index in [4.69, 9.17) is 4.74 Å². The molecule has 160 valence electrons. The van der Waals surface area contributed by atoms with Crippen LogP contribution in [0.2, 0.25) is 0 Å². The molecule has 0 bridgehead atoms. The Kier molecular flexibility index (Phi) is 7.00. The molecule has 2 aromatic carbocycles. The molecule has 0 saturated carbocycles. The highest BCUT2D eigenvalue weighted by atomic mass is 35.5. The van der Waals surface area contributed by atoms with Crippen molar-refractivity contribution in [1.29, 1.82) is 0 Å². The number of aryl methyl sites for hydroxylation is 1. The summed E-state index contributed by atoms with van der Waals surface area (Å²) >= 11 is 0. The third-order valence-corrected chi connectivity index (χ3v) is 5.95. The van der Waals surface area contributed by atoms with Crippen LogP contribution in [0.25, 0.3) is 0 Å². The van der Waals surface area contributed by atoms with Crippen molar-refractivity contribution in [2.75, 3.05) is 44.9 Å². The number of anilines is 1. The second-order valence-corrected chi connectivity index (χ2v) is 7.69. The number of para-hydroxylation sites is 2. The molecule has 2 fully saturated rings. The normalized spacial score (nSPS) is 19.7. The number of halogens is 1. The van der Waals surface area contributed by atoms with Crippen molar-refractivity contribution in [3.8, 4) is 5.75 Å². The van der Waals surface area contributed by atoms with Gasteiger partial charge < -0.3 is 9.64 Å². The number of imide groups is 1. The fourth-order valence-corrected chi connectivity index (χ4v) is 4.27. The van der Waals surface area contributed by atoms with E-state index in [1.807, 2.05) is 49.4 Å². The maximum atomic E-state index is 13.0. The number of amides is 2. The van der Waals surface area contributed by atoms with Gasteiger partial charge in [-0.3, -0.25) is 19.4 Å². The zero-order valence-electron chi connectivity index (χ0n) is 17.4. The third kappa shape index (κ3) is 4.30. The molecule has 0 N–H and O–H groups in total. The second-order valence-electron chi connectivity index (χ2n) is 7.69. The van der Waals surface area contributed by atoms with Crippen molar-refractivity contribution in [3.05, 3.63) is 59.7 Å². The molecule has 30 heavy (non-hydrogen) atoms. The summed E-state index contributed by atoms with van der Waals surface area (Å²) in [7, 11) is 1.69. The first-order valence-electron chi connectivity index (χ1n) is 10.1. The van der Waals surface area contributed by atoms with E-state index in [0.29, 0.717) is 6.67 Å². The first-order chi connectivity index (χ1) is 14.1. The summed E-state index contributed by atoms with van der Waals surface area (Å²) in [6.07, 6.45) is 0.269. The summed E-state index contributed by atoms with van der Waals surface area (Å²) in [5, 5.41) is 0. The molecule has 2 aliphatic rings. The Balaban J connectivity index is 0.00000256. The lowest BCUT2D eigenvalue weighted by molar-refractivity contribution is -0.141. The number of ether oxygens (including phenoxy) is 1. The Morgan fingerprint density at radius 3 is 2.33 bits per heavy atom. The van der Waals surface area contributed by atoms with E-state index in [2.05, 4.69) is 15.9 Å². The van der Waals surface area contributed by atoms with Gasteiger partial charge in [0, 0.05) is 32.6 Å². The first-order valence-corrected chi connectivity index (χ1v) is 10.1. The van der Waals surface area contributed by atoms with Crippen molar-refractivity contribution in [1.82, 2.24) is 9.80 Å². The van der Waals surface area contributed by atoms with Gasteiger partial charge in [0.2, 0.25) is 11.8 Å². The van der Waals surface area contributed by atoms with Gasteiger partial charge >= 0.3 is 0 Å². The van der Waals surface area contributed by atoms with E-state index in [9.17, 15) is 9.59 Å². The van der Waals surface area contributed by atoms with Crippen molar-refractivity contribution in [2.24, 2.45) is 0 Å². The van der Waals surface area contributed by atoms with Crippen molar-refractivity contribution >= 4 is 29.9 Å². The maximum Gasteiger partial charge on any atom is 0.238 e. The third-order valence-electron chi connectivity index (χ3n) is 5.95. The number of piperazine rings is 1. The Labute approximate surface area is 183 Å². The highest BCUT2D eigenvalue weighted by Gasteiger charge is 2.40. The van der Waals surface area contributed by atoms with Crippen LogP contribution in [0.4, 0.5) is 5.69 Å². The van der Waals surface area contributed by atoms with Crippen molar-refractivity contribution in [2.45, 2.75) is 19.3 Å². The molecule has 0 aliphatic carbocycles. The Hall–Kier alpha value is -2.57. The van der Waals surface area contributed by atoms with Crippen LogP contribution in [0.3, 0.4) is 0 Å². The lowest BCUT2D eigenvalue weighted by Crippen LogP contribution is -2.51. The first kappa shape index (κ1) is 22.1. The zero-order chi connectivity index (χ0) is 20.4. The van der Waals surface area contributed by atoms with Crippen molar-refractivity contribution < 1.29 is 14.3 Å². The van der Waals surface area contributed by atoms with Gasteiger partial charge in [0.15, 0.2) is 0 Å². The Bertz CT molecular complexity index is 912. The number of nitrogens with zero attached hydrogens (tertiary/aromatic N) is 3. The number of hydrogen-bond acceptors (Lipinski definition) is 5. The van der Waals surface area contributed by atoms with Crippen LogP contribution in [0.15, 0.2) is 48.5 Å². The van der Waals surface area contributed by atoms with Crippen LogP contribution >= 0.6 is 12.4 Å². The molecular weight excluding hydrogens is 402 g/mol. The molecule has 6 nitrogen and oxygen atoms in total. The summed E-state index contributed by atoms with van der Waals surface area (Å²) in [6.45, 7) is 5.62. The average Bonchev–Trinajstić information content (AvgIpc) is 3.03. The van der Waals surface area contributed by atoms with E-state index in [0.717, 1.165) is 48.7 Å². The Morgan fingerprint density at radius 1 is 0.967 bits per heavy atom. The number of carbonyl (C=O) groups is 2. The molecule has 1 atom stereocenters. The largest absolute Gasteiger partial charge is 0.495 e. The predicted octanol–water partition coefficient (Wildman–Crippen LogP) is 3.05. The summed E-state index contributed by atoms with van der Waals surface area (Å²) < 4.78 is 5.47. The molecule has 7 heteroatoms. The van der Waals surface area contributed by atoms with Crippen LogP contribution in [0.5, 0.6) is 5.75 Å². The molecule has 1 unspecified atom stereocenters. The summed E-state index contributed by atoms with van der Waals surface area (Å²) in [5.74, 6) is 0.373. The number of methoxy groups -OCH3 is 1.